The van der Waals surface area contributed by atoms with Gasteiger partial charge in [0.1, 0.15) is 11.7 Å². The zero-order chi connectivity index (χ0) is 13.9. The number of amidine groups is 1. The minimum absolute atomic E-state index is 0.0788. The summed E-state index contributed by atoms with van der Waals surface area (Å²) >= 11 is 1.67. The summed E-state index contributed by atoms with van der Waals surface area (Å²) in [7, 11) is 0. The van der Waals surface area contributed by atoms with E-state index in [0.717, 1.165) is 42.7 Å². The van der Waals surface area contributed by atoms with Crippen LogP contribution in [0.1, 0.15) is 5.56 Å². The van der Waals surface area contributed by atoms with Crippen LogP contribution in [0.2, 0.25) is 0 Å². The highest BCUT2D eigenvalue weighted by molar-refractivity contribution is 7.13. The summed E-state index contributed by atoms with van der Waals surface area (Å²) in [6.07, 6.45) is 3.55. The van der Waals surface area contributed by atoms with Crippen molar-refractivity contribution in [2.24, 2.45) is 5.73 Å². The first-order valence-electron chi connectivity index (χ1n) is 6.44. The van der Waals surface area contributed by atoms with Gasteiger partial charge in [0, 0.05) is 49.5 Å². The van der Waals surface area contributed by atoms with Gasteiger partial charge in [-0.2, -0.15) is 0 Å². The number of rotatable bonds is 3. The summed E-state index contributed by atoms with van der Waals surface area (Å²) in [6, 6.07) is 3.64. The van der Waals surface area contributed by atoms with Crippen molar-refractivity contribution in [1.82, 2.24) is 9.97 Å². The van der Waals surface area contributed by atoms with Gasteiger partial charge in [-0.15, -0.1) is 11.3 Å². The van der Waals surface area contributed by atoms with Crippen molar-refractivity contribution in [3.63, 3.8) is 0 Å². The van der Waals surface area contributed by atoms with Crippen molar-refractivity contribution < 1.29 is 0 Å². The molecule has 20 heavy (non-hydrogen) atoms. The van der Waals surface area contributed by atoms with E-state index in [4.69, 9.17) is 11.1 Å². The molecule has 3 rings (SSSR count). The number of hydrogen-bond donors (Lipinski definition) is 2. The van der Waals surface area contributed by atoms with E-state index < -0.39 is 0 Å². The van der Waals surface area contributed by atoms with Crippen molar-refractivity contribution in [1.29, 1.82) is 5.41 Å². The minimum atomic E-state index is 0.0788. The molecule has 1 saturated heterocycles. The van der Waals surface area contributed by atoms with Gasteiger partial charge in [0.15, 0.2) is 5.13 Å². The number of nitrogen functional groups attached to an aromatic ring is 1. The first-order valence-corrected chi connectivity index (χ1v) is 7.32. The van der Waals surface area contributed by atoms with E-state index in [9.17, 15) is 0 Å². The summed E-state index contributed by atoms with van der Waals surface area (Å²) in [5.74, 6) is 0.964. The average molecular weight is 288 g/mol. The molecular weight excluding hydrogens is 272 g/mol. The molecule has 0 atom stereocenters. The molecule has 3 heterocycles. The molecule has 1 aliphatic heterocycles. The molecule has 0 aromatic carbocycles. The summed E-state index contributed by atoms with van der Waals surface area (Å²) in [6.45, 7) is 3.65. The molecule has 0 spiro atoms. The molecule has 0 bridgehead atoms. The normalized spacial score (nSPS) is 15.4. The van der Waals surface area contributed by atoms with Gasteiger partial charge in [0.25, 0.3) is 0 Å². The number of anilines is 2. The monoisotopic (exact) mass is 288 g/mol. The van der Waals surface area contributed by atoms with Crippen LogP contribution in [0.4, 0.5) is 10.9 Å². The van der Waals surface area contributed by atoms with Crippen LogP contribution in [0, 0.1) is 5.41 Å². The van der Waals surface area contributed by atoms with Gasteiger partial charge >= 0.3 is 0 Å². The summed E-state index contributed by atoms with van der Waals surface area (Å²) in [5.41, 5.74) is 6.24. The van der Waals surface area contributed by atoms with E-state index in [-0.39, 0.29) is 5.84 Å². The maximum Gasteiger partial charge on any atom is 0.185 e. The predicted molar refractivity (Wildman–Crippen MR) is 81.8 cm³/mol. The molecule has 1 aliphatic rings. The smallest absolute Gasteiger partial charge is 0.185 e. The van der Waals surface area contributed by atoms with Gasteiger partial charge in [0.05, 0.1) is 0 Å². The molecular formula is C13H16N6S. The van der Waals surface area contributed by atoms with Crippen LogP contribution in [-0.2, 0) is 0 Å². The van der Waals surface area contributed by atoms with Gasteiger partial charge in [-0.3, -0.25) is 5.41 Å². The molecule has 0 amide bonds. The Morgan fingerprint density at radius 2 is 1.90 bits per heavy atom. The Hall–Kier alpha value is -2.15. The fourth-order valence-corrected chi connectivity index (χ4v) is 2.95. The Bertz CT molecular complexity index is 589. The van der Waals surface area contributed by atoms with Crippen LogP contribution in [0.5, 0.6) is 0 Å². The number of nitrogens with one attached hydrogen (secondary N) is 1. The van der Waals surface area contributed by atoms with Crippen LogP contribution in [0.3, 0.4) is 0 Å². The third kappa shape index (κ3) is 2.57. The van der Waals surface area contributed by atoms with Gasteiger partial charge in [-0.05, 0) is 12.1 Å². The number of hydrogen-bond acceptors (Lipinski definition) is 6. The fourth-order valence-electron chi connectivity index (χ4n) is 2.26. The highest BCUT2D eigenvalue weighted by Crippen LogP contribution is 2.21. The van der Waals surface area contributed by atoms with Crippen molar-refractivity contribution in [3.8, 4) is 0 Å². The third-order valence-corrected chi connectivity index (χ3v) is 4.18. The van der Waals surface area contributed by atoms with Crippen molar-refractivity contribution in [3.05, 3.63) is 35.5 Å². The lowest BCUT2D eigenvalue weighted by molar-refractivity contribution is 0.646. The molecule has 0 aliphatic carbocycles. The van der Waals surface area contributed by atoms with Crippen LogP contribution in [-0.4, -0.2) is 42.0 Å². The number of pyridine rings is 1. The van der Waals surface area contributed by atoms with Crippen molar-refractivity contribution in [2.45, 2.75) is 0 Å². The molecule has 2 aromatic rings. The summed E-state index contributed by atoms with van der Waals surface area (Å²) in [5, 5.41) is 10.6. The minimum Gasteiger partial charge on any atom is -0.384 e. The first kappa shape index (κ1) is 12.9. The van der Waals surface area contributed by atoms with E-state index in [0.29, 0.717) is 0 Å². The second-order valence-corrected chi connectivity index (χ2v) is 5.48. The lowest BCUT2D eigenvalue weighted by atomic mass is 10.2. The molecule has 104 valence electrons. The molecule has 0 saturated carbocycles. The second-order valence-electron chi connectivity index (χ2n) is 4.61. The van der Waals surface area contributed by atoms with Gasteiger partial charge in [-0.25, -0.2) is 9.97 Å². The average Bonchev–Trinajstić information content (AvgIpc) is 3.02. The zero-order valence-electron chi connectivity index (χ0n) is 11.0. The van der Waals surface area contributed by atoms with Crippen LogP contribution < -0.4 is 15.5 Å². The number of piperazine rings is 1. The Labute approximate surface area is 121 Å². The number of nitrogens with zero attached hydrogens (tertiary/aromatic N) is 4. The highest BCUT2D eigenvalue weighted by atomic mass is 32.1. The standard InChI is InChI=1S/C13H16N6S/c14-12(15)10-1-2-16-11(9-10)18-4-6-19(7-5-18)13-17-3-8-20-13/h1-3,8-9H,4-7H2,(H3,14,15). The van der Waals surface area contributed by atoms with E-state index in [1.807, 2.05) is 17.6 Å². The first-order chi connectivity index (χ1) is 9.74. The van der Waals surface area contributed by atoms with Gasteiger partial charge < -0.3 is 15.5 Å². The summed E-state index contributed by atoms with van der Waals surface area (Å²) in [4.78, 5) is 13.2. The van der Waals surface area contributed by atoms with Gasteiger partial charge in [0.2, 0.25) is 0 Å². The van der Waals surface area contributed by atoms with E-state index in [2.05, 4.69) is 19.8 Å². The van der Waals surface area contributed by atoms with Crippen molar-refractivity contribution >= 4 is 28.1 Å². The zero-order valence-corrected chi connectivity index (χ0v) is 11.8. The number of nitrogens with two attached hydrogens (primary N) is 1. The van der Waals surface area contributed by atoms with Crippen LogP contribution >= 0.6 is 11.3 Å². The number of thiazole rings is 1. The Morgan fingerprint density at radius 3 is 2.55 bits per heavy atom. The topological polar surface area (TPSA) is 82.1 Å². The molecule has 7 heteroatoms. The largest absolute Gasteiger partial charge is 0.384 e. The van der Waals surface area contributed by atoms with E-state index in [1.165, 1.54) is 0 Å². The maximum absolute atomic E-state index is 7.49. The quantitative estimate of drug-likeness (QED) is 0.654. The Kier molecular flexibility index (Phi) is 3.51. The lowest BCUT2D eigenvalue weighted by Gasteiger charge is -2.35. The molecule has 3 N–H and O–H groups in total. The van der Waals surface area contributed by atoms with Crippen LogP contribution in [0.25, 0.3) is 0 Å². The molecule has 2 aromatic heterocycles. The van der Waals surface area contributed by atoms with E-state index in [1.54, 1.807) is 23.6 Å². The maximum atomic E-state index is 7.49. The van der Waals surface area contributed by atoms with Gasteiger partial charge in [-0.1, -0.05) is 0 Å². The lowest BCUT2D eigenvalue weighted by Crippen LogP contribution is -2.46. The summed E-state index contributed by atoms with van der Waals surface area (Å²) < 4.78 is 0. The molecule has 6 nitrogen and oxygen atoms in total. The predicted octanol–water partition coefficient (Wildman–Crippen LogP) is 1.15. The Morgan fingerprint density at radius 1 is 1.15 bits per heavy atom. The fraction of sp³-hybridized carbons (Fsp3) is 0.308. The Balaban J connectivity index is 1.69. The SMILES string of the molecule is N=C(N)c1ccnc(N2CCN(c3nccs3)CC2)c1. The van der Waals surface area contributed by atoms with Crippen molar-refractivity contribution in [2.75, 3.05) is 36.0 Å². The van der Waals surface area contributed by atoms with E-state index >= 15 is 0 Å². The molecule has 0 radical (unpaired) electrons. The second kappa shape index (κ2) is 5.46. The van der Waals surface area contributed by atoms with Crippen LogP contribution in [0.15, 0.2) is 29.9 Å². The molecule has 0 unspecified atom stereocenters. The number of aromatic nitrogens is 2. The molecule has 1 fully saturated rings. The highest BCUT2D eigenvalue weighted by Gasteiger charge is 2.19. The third-order valence-electron chi connectivity index (χ3n) is 3.35.